The van der Waals surface area contributed by atoms with E-state index >= 15 is 0 Å². The lowest BCUT2D eigenvalue weighted by Gasteiger charge is -2.48. The average molecular weight is 293 g/mol. The third kappa shape index (κ3) is 2.70. The summed E-state index contributed by atoms with van der Waals surface area (Å²) in [6, 6.07) is 5.75. The molecule has 0 bridgehead atoms. The normalized spacial score (nSPS) is 24.2. The lowest BCUT2D eigenvalue weighted by atomic mass is 9.70. The molecule has 1 aliphatic heterocycles. The zero-order valence-electron chi connectivity index (χ0n) is 11.8. The Hall–Kier alpha value is -1.06. The van der Waals surface area contributed by atoms with Gasteiger partial charge in [0.25, 0.3) is 5.91 Å². The second-order valence-corrected chi connectivity index (χ2v) is 6.62. The van der Waals surface area contributed by atoms with Crippen LogP contribution >= 0.6 is 11.6 Å². The second-order valence-electron chi connectivity index (χ2n) is 6.18. The smallest absolute Gasteiger partial charge is 0.251 e. The molecule has 1 amide bonds. The third-order valence-electron chi connectivity index (χ3n) is 4.72. The number of benzene rings is 1. The van der Waals surface area contributed by atoms with E-state index in [0.717, 1.165) is 24.9 Å². The van der Waals surface area contributed by atoms with Crippen LogP contribution in [0.1, 0.15) is 48.0 Å². The number of nitrogens with one attached hydrogen (secondary N) is 2. The quantitative estimate of drug-likeness (QED) is 0.880. The highest BCUT2D eigenvalue weighted by Gasteiger charge is 2.41. The van der Waals surface area contributed by atoms with Gasteiger partial charge >= 0.3 is 0 Å². The van der Waals surface area contributed by atoms with E-state index in [-0.39, 0.29) is 11.9 Å². The summed E-state index contributed by atoms with van der Waals surface area (Å²) in [7, 11) is 0. The Labute approximate surface area is 125 Å². The topological polar surface area (TPSA) is 41.1 Å². The standard InChI is InChI=1S/C16H21ClN2O/c1-11-3-4-12(17)9-14(11)15(20)19-13-5-8-18-16(10-13)6-2-7-16/h3-4,9,13,18H,2,5-8,10H2,1H3,(H,19,20). The minimum atomic E-state index is 0.00590. The van der Waals surface area contributed by atoms with Crippen molar-refractivity contribution in [2.24, 2.45) is 0 Å². The van der Waals surface area contributed by atoms with Crippen molar-refractivity contribution in [3.05, 3.63) is 34.3 Å². The molecule has 1 heterocycles. The molecule has 2 fully saturated rings. The molecule has 108 valence electrons. The van der Waals surface area contributed by atoms with Crippen LogP contribution in [0.4, 0.5) is 0 Å². The lowest BCUT2D eigenvalue weighted by molar-refractivity contribution is 0.0852. The van der Waals surface area contributed by atoms with Crippen LogP contribution in [0.5, 0.6) is 0 Å². The van der Waals surface area contributed by atoms with Crippen molar-refractivity contribution < 1.29 is 4.79 Å². The first-order chi connectivity index (χ1) is 9.58. The van der Waals surface area contributed by atoms with Gasteiger partial charge in [-0.05, 0) is 63.3 Å². The molecule has 0 aromatic heterocycles. The molecule has 1 aromatic carbocycles. The Balaban J connectivity index is 1.67. The van der Waals surface area contributed by atoms with Crippen molar-refractivity contribution in [3.8, 4) is 0 Å². The predicted octanol–water partition coefficient (Wildman–Crippen LogP) is 3.05. The van der Waals surface area contributed by atoms with Gasteiger partial charge in [-0.25, -0.2) is 0 Å². The first kappa shape index (κ1) is 13.9. The van der Waals surface area contributed by atoms with Crippen LogP contribution in [-0.4, -0.2) is 24.0 Å². The van der Waals surface area contributed by atoms with Crippen LogP contribution in [0.3, 0.4) is 0 Å². The van der Waals surface area contributed by atoms with E-state index < -0.39 is 0 Å². The summed E-state index contributed by atoms with van der Waals surface area (Å²) in [6.07, 6.45) is 5.86. The van der Waals surface area contributed by atoms with Crippen molar-refractivity contribution in [2.45, 2.75) is 50.6 Å². The van der Waals surface area contributed by atoms with E-state index in [1.165, 1.54) is 19.3 Å². The fourth-order valence-corrected chi connectivity index (χ4v) is 3.54. The Kier molecular flexibility index (Phi) is 3.74. The van der Waals surface area contributed by atoms with Gasteiger partial charge in [0, 0.05) is 22.2 Å². The lowest BCUT2D eigenvalue weighted by Crippen LogP contribution is -2.59. The average Bonchev–Trinajstić information content (AvgIpc) is 2.40. The molecule has 1 aliphatic carbocycles. The van der Waals surface area contributed by atoms with Gasteiger partial charge in [-0.15, -0.1) is 0 Å². The fourth-order valence-electron chi connectivity index (χ4n) is 3.37. The van der Waals surface area contributed by atoms with Crippen LogP contribution in [0.15, 0.2) is 18.2 Å². The summed E-state index contributed by atoms with van der Waals surface area (Å²) in [5.41, 5.74) is 1.97. The highest BCUT2D eigenvalue weighted by atomic mass is 35.5. The van der Waals surface area contributed by atoms with Crippen molar-refractivity contribution in [1.29, 1.82) is 0 Å². The van der Waals surface area contributed by atoms with Crippen LogP contribution in [0.25, 0.3) is 0 Å². The summed E-state index contributed by atoms with van der Waals surface area (Å²) in [4.78, 5) is 12.4. The molecule has 1 saturated heterocycles. The Bertz CT molecular complexity index is 525. The van der Waals surface area contributed by atoms with E-state index in [9.17, 15) is 4.79 Å². The Morgan fingerprint density at radius 3 is 2.95 bits per heavy atom. The number of aryl methyl sites for hydroxylation is 1. The molecule has 2 aliphatic rings. The third-order valence-corrected chi connectivity index (χ3v) is 4.96. The van der Waals surface area contributed by atoms with Crippen LogP contribution in [0.2, 0.25) is 5.02 Å². The van der Waals surface area contributed by atoms with Crippen molar-refractivity contribution in [3.63, 3.8) is 0 Å². The SMILES string of the molecule is Cc1ccc(Cl)cc1C(=O)NC1CCNC2(CCC2)C1. The minimum absolute atomic E-state index is 0.00590. The maximum atomic E-state index is 12.4. The molecule has 1 saturated carbocycles. The van der Waals surface area contributed by atoms with Crippen molar-refractivity contribution >= 4 is 17.5 Å². The number of halogens is 1. The fraction of sp³-hybridized carbons (Fsp3) is 0.562. The van der Waals surface area contributed by atoms with Gasteiger partial charge < -0.3 is 10.6 Å². The largest absolute Gasteiger partial charge is 0.349 e. The maximum absolute atomic E-state index is 12.4. The first-order valence-corrected chi connectivity index (χ1v) is 7.78. The van der Waals surface area contributed by atoms with Crippen LogP contribution in [0, 0.1) is 6.92 Å². The molecular formula is C16H21ClN2O. The molecule has 1 atom stereocenters. The maximum Gasteiger partial charge on any atom is 0.251 e. The van der Waals surface area contributed by atoms with E-state index in [1.54, 1.807) is 6.07 Å². The highest BCUT2D eigenvalue weighted by molar-refractivity contribution is 6.31. The molecule has 4 heteroatoms. The summed E-state index contributed by atoms with van der Waals surface area (Å²) < 4.78 is 0. The summed E-state index contributed by atoms with van der Waals surface area (Å²) in [5.74, 6) is 0.00590. The Morgan fingerprint density at radius 1 is 1.45 bits per heavy atom. The van der Waals surface area contributed by atoms with Crippen molar-refractivity contribution in [1.82, 2.24) is 10.6 Å². The molecule has 2 N–H and O–H groups in total. The van der Waals surface area contributed by atoms with Gasteiger partial charge in [0.05, 0.1) is 0 Å². The minimum Gasteiger partial charge on any atom is -0.349 e. The van der Waals surface area contributed by atoms with Crippen LogP contribution in [-0.2, 0) is 0 Å². The van der Waals surface area contributed by atoms with E-state index in [2.05, 4.69) is 10.6 Å². The number of amides is 1. The summed E-state index contributed by atoms with van der Waals surface area (Å²) in [5, 5.41) is 7.42. The Morgan fingerprint density at radius 2 is 2.25 bits per heavy atom. The highest BCUT2D eigenvalue weighted by Crippen LogP contribution is 2.38. The zero-order chi connectivity index (χ0) is 14.2. The molecule has 20 heavy (non-hydrogen) atoms. The number of carbonyl (C=O) groups excluding carboxylic acids is 1. The number of carbonyl (C=O) groups is 1. The van der Waals surface area contributed by atoms with Gasteiger partial charge in [0.2, 0.25) is 0 Å². The van der Waals surface area contributed by atoms with Crippen LogP contribution < -0.4 is 10.6 Å². The number of rotatable bonds is 2. The first-order valence-electron chi connectivity index (χ1n) is 7.40. The number of hydrogen-bond acceptors (Lipinski definition) is 2. The van der Waals surface area contributed by atoms with E-state index in [4.69, 9.17) is 11.6 Å². The molecule has 1 spiro atoms. The molecular weight excluding hydrogens is 272 g/mol. The number of piperidine rings is 1. The zero-order valence-corrected chi connectivity index (χ0v) is 12.6. The van der Waals surface area contributed by atoms with Gasteiger partial charge in [0.15, 0.2) is 0 Å². The van der Waals surface area contributed by atoms with Gasteiger partial charge in [-0.3, -0.25) is 4.79 Å². The van der Waals surface area contributed by atoms with E-state index in [1.807, 2.05) is 19.1 Å². The molecule has 1 unspecified atom stereocenters. The monoisotopic (exact) mass is 292 g/mol. The van der Waals surface area contributed by atoms with Gasteiger partial charge in [-0.2, -0.15) is 0 Å². The molecule has 1 aromatic rings. The van der Waals surface area contributed by atoms with Crippen molar-refractivity contribution in [2.75, 3.05) is 6.54 Å². The molecule has 3 rings (SSSR count). The van der Waals surface area contributed by atoms with Gasteiger partial charge in [0.1, 0.15) is 0 Å². The summed E-state index contributed by atoms with van der Waals surface area (Å²) in [6.45, 7) is 2.95. The predicted molar refractivity (Wildman–Crippen MR) is 81.3 cm³/mol. The molecule has 3 nitrogen and oxygen atoms in total. The molecule has 0 radical (unpaired) electrons. The van der Waals surface area contributed by atoms with E-state index in [0.29, 0.717) is 16.1 Å². The second kappa shape index (κ2) is 5.38. The number of hydrogen-bond donors (Lipinski definition) is 2. The van der Waals surface area contributed by atoms with Gasteiger partial charge in [-0.1, -0.05) is 17.7 Å². The summed E-state index contributed by atoms with van der Waals surface area (Å²) >= 11 is 5.99.